The Balaban J connectivity index is 1.80. The second-order valence-corrected chi connectivity index (χ2v) is 5.54. The number of amides is 1. The number of aromatic nitrogens is 2. The van der Waals surface area contributed by atoms with Gasteiger partial charge in [0.15, 0.2) is 0 Å². The third kappa shape index (κ3) is 2.41. The Morgan fingerprint density at radius 2 is 2.40 bits per heavy atom. The maximum absolute atomic E-state index is 12.5. The third-order valence-corrected chi connectivity index (χ3v) is 4.09. The molecule has 0 aromatic carbocycles. The normalized spacial score (nSPS) is 21.1. The van der Waals surface area contributed by atoms with Gasteiger partial charge in [0, 0.05) is 30.8 Å². The van der Waals surface area contributed by atoms with Crippen LogP contribution in [-0.2, 0) is 0 Å². The van der Waals surface area contributed by atoms with E-state index in [9.17, 15) is 9.90 Å². The highest BCUT2D eigenvalue weighted by Gasteiger charge is 2.27. The molecule has 2 aromatic rings. The molecule has 5 nitrogen and oxygen atoms in total. The second-order valence-electron chi connectivity index (χ2n) is 5.54. The molecule has 2 unspecified atom stereocenters. The molecular formula is C15H19N3O2. The Kier molecular flexibility index (Phi) is 3.44. The summed E-state index contributed by atoms with van der Waals surface area (Å²) in [6, 6.07) is 3.68. The highest BCUT2D eigenvalue weighted by Crippen LogP contribution is 2.21. The van der Waals surface area contributed by atoms with Crippen LogP contribution in [0.25, 0.3) is 5.52 Å². The molecule has 3 heterocycles. The second kappa shape index (κ2) is 5.25. The Labute approximate surface area is 117 Å². The number of carbonyl (C=O) groups is 1. The number of aliphatic hydroxyl groups excluding tert-OH is 1. The van der Waals surface area contributed by atoms with Crippen LogP contribution in [-0.4, -0.2) is 44.5 Å². The first-order valence-electron chi connectivity index (χ1n) is 7.04. The summed E-state index contributed by atoms with van der Waals surface area (Å²) in [6.07, 6.45) is 6.90. The summed E-state index contributed by atoms with van der Waals surface area (Å²) in [6.45, 7) is 3.21. The predicted octanol–water partition coefficient (Wildman–Crippen LogP) is 1.57. The van der Waals surface area contributed by atoms with Crippen molar-refractivity contribution in [1.82, 2.24) is 14.3 Å². The van der Waals surface area contributed by atoms with Crippen LogP contribution in [0.15, 0.2) is 30.9 Å². The van der Waals surface area contributed by atoms with Gasteiger partial charge in [-0.2, -0.15) is 0 Å². The van der Waals surface area contributed by atoms with E-state index in [1.54, 1.807) is 19.4 Å². The van der Waals surface area contributed by atoms with E-state index < -0.39 is 0 Å². The lowest BCUT2D eigenvalue weighted by Gasteiger charge is -2.34. The first-order chi connectivity index (χ1) is 9.65. The number of nitrogens with zero attached hydrogens (tertiary/aromatic N) is 3. The standard InChI is InChI=1S/C15H19N3O2/c1-11(19)13-3-2-5-17(9-13)15(20)12-4-6-18-10-16-8-14(18)7-12/h4,6-8,10-11,13,19H,2-3,5,9H2,1H3. The van der Waals surface area contributed by atoms with Crippen molar-refractivity contribution >= 4 is 11.4 Å². The Morgan fingerprint density at radius 3 is 3.20 bits per heavy atom. The average molecular weight is 273 g/mol. The first kappa shape index (κ1) is 13.1. The van der Waals surface area contributed by atoms with E-state index in [-0.39, 0.29) is 17.9 Å². The van der Waals surface area contributed by atoms with E-state index in [1.165, 1.54) is 0 Å². The number of hydrogen-bond donors (Lipinski definition) is 1. The number of pyridine rings is 1. The van der Waals surface area contributed by atoms with Gasteiger partial charge < -0.3 is 14.4 Å². The molecule has 0 aliphatic carbocycles. The van der Waals surface area contributed by atoms with Crippen molar-refractivity contribution in [3.05, 3.63) is 36.4 Å². The Bertz CT molecular complexity index is 620. The van der Waals surface area contributed by atoms with E-state index in [0.717, 1.165) is 24.9 Å². The SMILES string of the molecule is CC(O)C1CCCN(C(=O)c2ccn3cncc3c2)C1. The minimum Gasteiger partial charge on any atom is -0.393 e. The number of rotatable bonds is 2. The van der Waals surface area contributed by atoms with E-state index in [1.807, 2.05) is 27.6 Å². The number of carbonyl (C=O) groups excluding carboxylic acids is 1. The van der Waals surface area contributed by atoms with Gasteiger partial charge in [0.25, 0.3) is 5.91 Å². The molecule has 20 heavy (non-hydrogen) atoms. The molecule has 2 atom stereocenters. The van der Waals surface area contributed by atoms with E-state index in [4.69, 9.17) is 0 Å². The van der Waals surface area contributed by atoms with E-state index >= 15 is 0 Å². The van der Waals surface area contributed by atoms with Crippen molar-refractivity contribution in [2.75, 3.05) is 13.1 Å². The summed E-state index contributed by atoms with van der Waals surface area (Å²) in [5.41, 5.74) is 1.60. The first-order valence-corrected chi connectivity index (χ1v) is 7.04. The maximum atomic E-state index is 12.5. The molecule has 0 bridgehead atoms. The van der Waals surface area contributed by atoms with Gasteiger partial charge in [-0.25, -0.2) is 4.98 Å². The van der Waals surface area contributed by atoms with Crippen molar-refractivity contribution in [2.24, 2.45) is 5.92 Å². The smallest absolute Gasteiger partial charge is 0.253 e. The zero-order chi connectivity index (χ0) is 14.1. The monoisotopic (exact) mass is 273 g/mol. The summed E-state index contributed by atoms with van der Waals surface area (Å²) < 4.78 is 1.88. The lowest BCUT2D eigenvalue weighted by Crippen LogP contribution is -2.42. The molecule has 1 aliphatic rings. The van der Waals surface area contributed by atoms with Crippen LogP contribution in [0.2, 0.25) is 0 Å². The van der Waals surface area contributed by atoms with Gasteiger partial charge in [0.2, 0.25) is 0 Å². The van der Waals surface area contributed by atoms with E-state index in [2.05, 4.69) is 4.98 Å². The van der Waals surface area contributed by atoms with Crippen molar-refractivity contribution in [1.29, 1.82) is 0 Å². The Hall–Kier alpha value is -1.88. The van der Waals surface area contributed by atoms with E-state index in [0.29, 0.717) is 12.1 Å². The molecule has 1 amide bonds. The quantitative estimate of drug-likeness (QED) is 0.903. The number of imidazole rings is 1. The highest BCUT2D eigenvalue weighted by atomic mass is 16.3. The van der Waals surface area contributed by atoms with Crippen molar-refractivity contribution < 1.29 is 9.90 Å². The summed E-state index contributed by atoms with van der Waals surface area (Å²) in [5, 5.41) is 9.71. The van der Waals surface area contributed by atoms with Gasteiger partial charge in [0.1, 0.15) is 0 Å². The van der Waals surface area contributed by atoms with Gasteiger partial charge in [-0.05, 0) is 31.9 Å². The fourth-order valence-electron chi connectivity index (χ4n) is 2.82. The Morgan fingerprint density at radius 1 is 1.55 bits per heavy atom. The summed E-state index contributed by atoms with van der Waals surface area (Å²) in [7, 11) is 0. The molecule has 2 aromatic heterocycles. The molecular weight excluding hydrogens is 254 g/mol. The molecule has 5 heteroatoms. The van der Waals surface area contributed by atoms with Crippen LogP contribution in [0.1, 0.15) is 30.1 Å². The summed E-state index contributed by atoms with van der Waals surface area (Å²) >= 11 is 0. The van der Waals surface area contributed by atoms with Crippen LogP contribution in [0, 0.1) is 5.92 Å². The molecule has 1 fully saturated rings. The molecule has 0 spiro atoms. The topological polar surface area (TPSA) is 57.8 Å². The third-order valence-electron chi connectivity index (χ3n) is 4.09. The minimum atomic E-state index is -0.358. The van der Waals surface area contributed by atoms with Crippen LogP contribution in [0.3, 0.4) is 0 Å². The molecule has 0 saturated carbocycles. The lowest BCUT2D eigenvalue weighted by atomic mass is 9.93. The number of hydrogen-bond acceptors (Lipinski definition) is 3. The number of likely N-dealkylation sites (tertiary alicyclic amines) is 1. The predicted molar refractivity (Wildman–Crippen MR) is 75.5 cm³/mol. The lowest BCUT2D eigenvalue weighted by molar-refractivity contribution is 0.0466. The minimum absolute atomic E-state index is 0.0408. The van der Waals surface area contributed by atoms with Crippen LogP contribution < -0.4 is 0 Å². The number of piperidine rings is 1. The van der Waals surface area contributed by atoms with Crippen LogP contribution in [0.5, 0.6) is 0 Å². The van der Waals surface area contributed by atoms with Crippen LogP contribution >= 0.6 is 0 Å². The highest BCUT2D eigenvalue weighted by molar-refractivity contribution is 5.95. The zero-order valence-electron chi connectivity index (χ0n) is 11.6. The molecule has 1 N–H and O–H groups in total. The fourth-order valence-corrected chi connectivity index (χ4v) is 2.82. The van der Waals surface area contributed by atoms with Gasteiger partial charge in [-0.15, -0.1) is 0 Å². The van der Waals surface area contributed by atoms with Gasteiger partial charge in [0.05, 0.1) is 24.1 Å². The largest absolute Gasteiger partial charge is 0.393 e. The zero-order valence-corrected chi connectivity index (χ0v) is 11.6. The average Bonchev–Trinajstić information content (AvgIpc) is 2.94. The van der Waals surface area contributed by atoms with Gasteiger partial charge in [-0.3, -0.25) is 4.79 Å². The van der Waals surface area contributed by atoms with Crippen LogP contribution in [0.4, 0.5) is 0 Å². The van der Waals surface area contributed by atoms with Crippen molar-refractivity contribution in [3.63, 3.8) is 0 Å². The maximum Gasteiger partial charge on any atom is 0.253 e. The van der Waals surface area contributed by atoms with Gasteiger partial charge >= 0.3 is 0 Å². The van der Waals surface area contributed by atoms with Crippen molar-refractivity contribution in [2.45, 2.75) is 25.9 Å². The summed E-state index contributed by atoms with van der Waals surface area (Å²) in [5.74, 6) is 0.227. The number of fused-ring (bicyclic) bond motifs is 1. The fraction of sp³-hybridized carbons (Fsp3) is 0.467. The number of aliphatic hydroxyl groups is 1. The molecule has 0 radical (unpaired) electrons. The molecule has 1 aliphatic heterocycles. The molecule has 106 valence electrons. The van der Waals surface area contributed by atoms with Crippen molar-refractivity contribution in [3.8, 4) is 0 Å². The molecule has 1 saturated heterocycles. The molecule has 3 rings (SSSR count). The summed E-state index contributed by atoms with van der Waals surface area (Å²) in [4.78, 5) is 18.5. The van der Waals surface area contributed by atoms with Gasteiger partial charge in [-0.1, -0.05) is 0 Å².